The van der Waals surface area contributed by atoms with Gasteiger partial charge in [-0.15, -0.1) is 0 Å². The molecule has 1 amide bonds. The van der Waals surface area contributed by atoms with Gasteiger partial charge in [0.25, 0.3) is 5.56 Å². The first-order chi connectivity index (χ1) is 13.8. The molecule has 9 heteroatoms. The molecule has 9 nitrogen and oxygen atoms in total. The Bertz CT molecular complexity index is 1120. The first kappa shape index (κ1) is 20.5. The molecule has 0 spiro atoms. The van der Waals surface area contributed by atoms with Crippen LogP contribution in [0.3, 0.4) is 0 Å². The molecule has 0 aliphatic carbocycles. The highest BCUT2D eigenvalue weighted by atomic mass is 16.2. The van der Waals surface area contributed by atoms with Crippen molar-refractivity contribution >= 4 is 17.1 Å². The van der Waals surface area contributed by atoms with Crippen LogP contribution in [0.1, 0.15) is 49.2 Å². The molecule has 2 aromatic heterocycles. The molecule has 0 saturated heterocycles. The van der Waals surface area contributed by atoms with Gasteiger partial charge in [-0.1, -0.05) is 38.1 Å². The molecule has 0 bridgehead atoms. The number of amides is 1. The van der Waals surface area contributed by atoms with E-state index in [4.69, 9.17) is 5.73 Å². The monoisotopic (exact) mass is 398 g/mol. The molecule has 2 heterocycles. The summed E-state index contributed by atoms with van der Waals surface area (Å²) in [6.07, 6.45) is 0.497. The van der Waals surface area contributed by atoms with E-state index >= 15 is 0 Å². The van der Waals surface area contributed by atoms with Crippen LogP contribution in [0.4, 0.5) is 0 Å². The number of aromatic amines is 2. The van der Waals surface area contributed by atoms with Gasteiger partial charge in [-0.2, -0.15) is 0 Å². The zero-order chi connectivity index (χ0) is 21.1. The van der Waals surface area contributed by atoms with Crippen LogP contribution in [0.2, 0.25) is 0 Å². The molecule has 0 saturated carbocycles. The lowest BCUT2D eigenvalue weighted by Crippen LogP contribution is -2.32. The minimum absolute atomic E-state index is 0.164. The Kier molecular flexibility index (Phi) is 5.97. The number of aromatic nitrogens is 4. The number of nitrogens with two attached hydrogens (primary N) is 1. The van der Waals surface area contributed by atoms with E-state index in [0.29, 0.717) is 24.7 Å². The standard InChI is InChI=1S/C20H26N6O3/c1-11(2)12-4-6-13(7-5-12)14(21)10-22-16(27)9-8-15-23-17-18(24-15)26(3)20(29)25-19(17)28/h4-7,11,14H,8-10,21H2,1-3H3,(H,22,27)(H,23,24)(H,25,28,29). The van der Waals surface area contributed by atoms with Crippen LogP contribution in [0.25, 0.3) is 11.2 Å². The van der Waals surface area contributed by atoms with E-state index in [1.54, 1.807) is 0 Å². The second kappa shape index (κ2) is 8.44. The fourth-order valence-corrected chi connectivity index (χ4v) is 3.06. The third-order valence-corrected chi connectivity index (χ3v) is 4.94. The van der Waals surface area contributed by atoms with Crippen molar-refractivity contribution in [3.63, 3.8) is 0 Å². The Morgan fingerprint density at radius 1 is 1.17 bits per heavy atom. The smallest absolute Gasteiger partial charge is 0.329 e. The number of hydrogen-bond donors (Lipinski definition) is 4. The fraction of sp³-hybridized carbons (Fsp3) is 0.400. The molecule has 0 aliphatic heterocycles. The van der Waals surface area contributed by atoms with Crippen LogP contribution in [0.5, 0.6) is 0 Å². The number of imidazole rings is 1. The summed E-state index contributed by atoms with van der Waals surface area (Å²) >= 11 is 0. The number of rotatable bonds is 7. The molecule has 29 heavy (non-hydrogen) atoms. The molecular weight excluding hydrogens is 372 g/mol. The van der Waals surface area contributed by atoms with Gasteiger partial charge in [0.15, 0.2) is 5.65 Å². The van der Waals surface area contributed by atoms with Crippen molar-refractivity contribution in [3.05, 3.63) is 62.1 Å². The van der Waals surface area contributed by atoms with E-state index in [0.717, 1.165) is 5.56 Å². The van der Waals surface area contributed by atoms with Crippen molar-refractivity contribution in [3.8, 4) is 0 Å². The second-order valence-electron chi connectivity index (χ2n) is 7.43. The summed E-state index contributed by atoms with van der Waals surface area (Å²) in [6, 6.07) is 7.79. The molecule has 0 radical (unpaired) electrons. The molecule has 1 atom stereocenters. The summed E-state index contributed by atoms with van der Waals surface area (Å²) < 4.78 is 1.25. The third kappa shape index (κ3) is 4.62. The maximum atomic E-state index is 12.2. The maximum absolute atomic E-state index is 12.2. The normalized spacial score (nSPS) is 12.4. The first-order valence-electron chi connectivity index (χ1n) is 9.56. The third-order valence-electron chi connectivity index (χ3n) is 4.94. The van der Waals surface area contributed by atoms with Crippen molar-refractivity contribution in [1.29, 1.82) is 0 Å². The van der Waals surface area contributed by atoms with Gasteiger partial charge >= 0.3 is 5.69 Å². The van der Waals surface area contributed by atoms with Crippen molar-refractivity contribution in [1.82, 2.24) is 24.8 Å². The zero-order valence-electron chi connectivity index (χ0n) is 16.8. The van der Waals surface area contributed by atoms with Crippen molar-refractivity contribution in [2.24, 2.45) is 12.8 Å². The lowest BCUT2D eigenvalue weighted by Gasteiger charge is -2.14. The topological polar surface area (TPSA) is 139 Å². The van der Waals surface area contributed by atoms with Crippen LogP contribution in [-0.2, 0) is 18.3 Å². The highest BCUT2D eigenvalue weighted by Gasteiger charge is 2.13. The van der Waals surface area contributed by atoms with E-state index in [1.807, 2.05) is 12.1 Å². The average Bonchev–Trinajstić information content (AvgIpc) is 3.14. The number of nitrogens with zero attached hydrogens (tertiary/aromatic N) is 2. The molecule has 0 aliphatic rings. The zero-order valence-corrected chi connectivity index (χ0v) is 16.8. The van der Waals surface area contributed by atoms with Crippen molar-refractivity contribution in [2.75, 3.05) is 6.54 Å². The van der Waals surface area contributed by atoms with Gasteiger partial charge in [0.05, 0.1) is 0 Å². The van der Waals surface area contributed by atoms with E-state index < -0.39 is 11.2 Å². The molecule has 1 unspecified atom stereocenters. The second-order valence-corrected chi connectivity index (χ2v) is 7.43. The molecule has 0 fully saturated rings. The van der Waals surface area contributed by atoms with Crippen molar-refractivity contribution in [2.45, 2.75) is 38.6 Å². The molecule has 3 rings (SSSR count). The number of H-pyrrole nitrogens is 2. The quantitative estimate of drug-likeness (QED) is 0.467. The fourth-order valence-electron chi connectivity index (χ4n) is 3.06. The number of carbonyl (C=O) groups is 1. The molecular formula is C20H26N6O3. The highest BCUT2D eigenvalue weighted by molar-refractivity contribution is 5.76. The summed E-state index contributed by atoms with van der Waals surface area (Å²) in [7, 11) is 1.52. The molecule has 1 aromatic carbocycles. The lowest BCUT2D eigenvalue weighted by atomic mass is 9.99. The van der Waals surface area contributed by atoms with Crippen LogP contribution < -0.4 is 22.3 Å². The van der Waals surface area contributed by atoms with E-state index in [1.165, 1.54) is 17.2 Å². The maximum Gasteiger partial charge on any atom is 0.329 e. The summed E-state index contributed by atoms with van der Waals surface area (Å²) in [5.41, 5.74) is 7.80. The predicted molar refractivity (Wildman–Crippen MR) is 111 cm³/mol. The van der Waals surface area contributed by atoms with Gasteiger partial charge in [-0.3, -0.25) is 19.1 Å². The summed E-state index contributed by atoms with van der Waals surface area (Å²) in [5.74, 6) is 0.758. The summed E-state index contributed by atoms with van der Waals surface area (Å²) in [5, 5.41) is 2.83. The Morgan fingerprint density at radius 2 is 1.83 bits per heavy atom. The predicted octanol–water partition coefficient (Wildman–Crippen LogP) is 0.822. The van der Waals surface area contributed by atoms with Crippen LogP contribution in [0.15, 0.2) is 33.9 Å². The van der Waals surface area contributed by atoms with Crippen LogP contribution in [-0.4, -0.2) is 32.0 Å². The number of benzene rings is 1. The Morgan fingerprint density at radius 3 is 2.48 bits per heavy atom. The van der Waals surface area contributed by atoms with E-state index in [2.05, 4.69) is 46.2 Å². The minimum atomic E-state index is -0.534. The number of nitrogens with one attached hydrogen (secondary N) is 3. The summed E-state index contributed by atoms with van der Waals surface area (Å²) in [6.45, 7) is 4.59. The number of hydrogen-bond acceptors (Lipinski definition) is 5. The number of fused-ring (bicyclic) bond motifs is 1. The van der Waals surface area contributed by atoms with E-state index in [-0.39, 0.29) is 29.5 Å². The van der Waals surface area contributed by atoms with Gasteiger partial charge in [0.1, 0.15) is 11.3 Å². The van der Waals surface area contributed by atoms with Gasteiger partial charge < -0.3 is 16.0 Å². The Labute approximate surface area is 167 Å². The summed E-state index contributed by atoms with van der Waals surface area (Å²) in [4.78, 5) is 45.0. The number of carbonyl (C=O) groups excluding carboxylic acids is 1. The van der Waals surface area contributed by atoms with Gasteiger partial charge in [-0.25, -0.2) is 9.78 Å². The lowest BCUT2D eigenvalue weighted by molar-refractivity contribution is -0.121. The largest absolute Gasteiger partial charge is 0.354 e. The SMILES string of the molecule is CC(C)c1ccc(C(N)CNC(=O)CCc2nc3c([nH]2)c(=O)[nH]c(=O)n3C)cc1. The van der Waals surface area contributed by atoms with Crippen LogP contribution in [0, 0.1) is 0 Å². The Balaban J connectivity index is 1.55. The van der Waals surface area contributed by atoms with Gasteiger partial charge in [-0.05, 0) is 17.0 Å². The van der Waals surface area contributed by atoms with Gasteiger partial charge in [0.2, 0.25) is 5.91 Å². The average molecular weight is 398 g/mol. The van der Waals surface area contributed by atoms with Gasteiger partial charge in [0, 0.05) is 32.5 Å². The van der Waals surface area contributed by atoms with E-state index in [9.17, 15) is 14.4 Å². The first-order valence-corrected chi connectivity index (χ1v) is 9.56. The molecule has 154 valence electrons. The number of aryl methyl sites for hydroxylation is 2. The minimum Gasteiger partial charge on any atom is -0.354 e. The highest BCUT2D eigenvalue weighted by Crippen LogP contribution is 2.17. The Hall–Kier alpha value is -3.20. The van der Waals surface area contributed by atoms with Crippen molar-refractivity contribution < 1.29 is 4.79 Å². The molecule has 3 aromatic rings. The molecule has 5 N–H and O–H groups in total. The van der Waals surface area contributed by atoms with Crippen LogP contribution >= 0.6 is 0 Å².